The van der Waals surface area contributed by atoms with Crippen LogP contribution in [-0.4, -0.2) is 19.7 Å². The van der Waals surface area contributed by atoms with Gasteiger partial charge in [-0.1, -0.05) is 17.3 Å². The lowest BCUT2D eigenvalue weighted by molar-refractivity contribution is 0.367. The van der Waals surface area contributed by atoms with Gasteiger partial charge in [-0.2, -0.15) is 4.98 Å². The van der Waals surface area contributed by atoms with E-state index < -0.39 is 0 Å². The number of hydrogen-bond donors (Lipinski definition) is 0. The topological polar surface area (TPSA) is 73.8 Å². The summed E-state index contributed by atoms with van der Waals surface area (Å²) in [4.78, 5) is 21.1. The third-order valence-corrected chi connectivity index (χ3v) is 3.42. The molecule has 0 saturated carbocycles. The molecule has 6 nitrogen and oxygen atoms in total. The first-order valence-corrected chi connectivity index (χ1v) is 7.06. The molecule has 0 atom stereocenters. The molecule has 3 aromatic rings. The summed E-state index contributed by atoms with van der Waals surface area (Å²) in [5, 5.41) is 4.31. The summed E-state index contributed by atoms with van der Waals surface area (Å²) in [5.74, 6) is 1.78. The fourth-order valence-corrected chi connectivity index (χ4v) is 2.40. The molecule has 0 fully saturated rings. The molecule has 0 aliphatic heterocycles. The van der Waals surface area contributed by atoms with Crippen LogP contribution in [0.25, 0.3) is 10.9 Å². The molecular weight excluding hydrogens is 292 g/mol. The number of aryl methyl sites for hydroxylation is 2. The van der Waals surface area contributed by atoms with Crippen molar-refractivity contribution in [3.05, 3.63) is 52.2 Å². The predicted octanol–water partition coefficient (Wildman–Crippen LogP) is 2.07. The Labute approximate surface area is 125 Å². The zero-order chi connectivity index (χ0) is 14.8. The van der Waals surface area contributed by atoms with E-state index in [1.54, 1.807) is 23.6 Å². The Morgan fingerprint density at radius 1 is 1.29 bits per heavy atom. The highest BCUT2D eigenvalue weighted by atomic mass is 35.5. The lowest BCUT2D eigenvalue weighted by Crippen LogP contribution is -2.25. The second kappa shape index (κ2) is 5.65. The van der Waals surface area contributed by atoms with Crippen molar-refractivity contribution in [2.24, 2.45) is 0 Å². The number of fused-ring (bicyclic) bond motifs is 1. The Morgan fingerprint density at radius 2 is 2.10 bits per heavy atom. The smallest absolute Gasteiger partial charge is 0.261 e. The van der Waals surface area contributed by atoms with Gasteiger partial charge in [-0.25, -0.2) is 4.98 Å². The van der Waals surface area contributed by atoms with Crippen LogP contribution in [0.3, 0.4) is 0 Å². The summed E-state index contributed by atoms with van der Waals surface area (Å²) in [5.41, 5.74) is 0.551. The van der Waals surface area contributed by atoms with Crippen LogP contribution in [0.5, 0.6) is 0 Å². The van der Waals surface area contributed by atoms with Gasteiger partial charge in [0.15, 0.2) is 5.82 Å². The van der Waals surface area contributed by atoms with Crippen LogP contribution in [0.15, 0.2) is 33.6 Å². The largest absolute Gasteiger partial charge is 0.339 e. The molecular formula is C14H13ClN4O2. The fraction of sp³-hybridized carbons (Fsp3) is 0.286. The van der Waals surface area contributed by atoms with Crippen molar-refractivity contribution in [2.45, 2.75) is 25.8 Å². The molecule has 21 heavy (non-hydrogen) atoms. The van der Waals surface area contributed by atoms with E-state index in [1.165, 1.54) is 0 Å². The van der Waals surface area contributed by atoms with Crippen molar-refractivity contribution >= 4 is 22.5 Å². The van der Waals surface area contributed by atoms with Crippen molar-refractivity contribution in [3.8, 4) is 0 Å². The quantitative estimate of drug-likeness (QED) is 0.690. The molecule has 7 heteroatoms. The molecule has 2 aromatic heterocycles. The molecule has 0 N–H and O–H groups in total. The van der Waals surface area contributed by atoms with E-state index in [0.717, 1.165) is 0 Å². The van der Waals surface area contributed by atoms with Gasteiger partial charge in [0.25, 0.3) is 5.56 Å². The van der Waals surface area contributed by atoms with Gasteiger partial charge in [0, 0.05) is 13.0 Å². The van der Waals surface area contributed by atoms with E-state index in [-0.39, 0.29) is 11.4 Å². The first-order chi connectivity index (χ1) is 10.2. The van der Waals surface area contributed by atoms with Gasteiger partial charge < -0.3 is 4.52 Å². The lowest BCUT2D eigenvalue weighted by Gasteiger charge is -2.10. The third kappa shape index (κ3) is 2.67. The Hall–Kier alpha value is -2.21. The maximum Gasteiger partial charge on any atom is 0.261 e. The molecule has 0 unspecified atom stereocenters. The van der Waals surface area contributed by atoms with Crippen LogP contribution in [0.4, 0.5) is 0 Å². The Bertz CT molecular complexity index is 840. The second-order valence-corrected chi connectivity index (χ2v) is 4.89. The molecule has 0 saturated heterocycles. The Kier molecular flexibility index (Phi) is 3.70. The molecule has 3 rings (SSSR count). The van der Waals surface area contributed by atoms with Crippen molar-refractivity contribution in [2.75, 3.05) is 0 Å². The monoisotopic (exact) mass is 304 g/mol. The van der Waals surface area contributed by atoms with E-state index in [0.29, 0.717) is 41.4 Å². The van der Waals surface area contributed by atoms with Gasteiger partial charge in [-0.05, 0) is 19.1 Å². The zero-order valence-corrected chi connectivity index (χ0v) is 12.2. The number of alkyl halides is 1. The van der Waals surface area contributed by atoms with Crippen LogP contribution in [0, 0.1) is 6.92 Å². The molecule has 0 spiro atoms. The average molecular weight is 305 g/mol. The standard InChI is InChI=1S/C14H13ClN4O2/c1-9-16-13(21-18-9)6-7-19-12(8-15)17-11-5-3-2-4-10(11)14(19)20/h2-5H,6-8H2,1H3. The number of rotatable bonds is 4. The Morgan fingerprint density at radius 3 is 2.81 bits per heavy atom. The number of halogens is 1. The average Bonchev–Trinajstić information content (AvgIpc) is 2.91. The van der Waals surface area contributed by atoms with E-state index in [4.69, 9.17) is 16.1 Å². The maximum atomic E-state index is 12.5. The summed E-state index contributed by atoms with van der Waals surface area (Å²) in [6.45, 7) is 2.15. The van der Waals surface area contributed by atoms with Gasteiger partial charge in [-0.15, -0.1) is 11.6 Å². The lowest BCUT2D eigenvalue weighted by atomic mass is 10.2. The van der Waals surface area contributed by atoms with Crippen molar-refractivity contribution in [1.82, 2.24) is 19.7 Å². The molecule has 108 valence electrons. The predicted molar refractivity (Wildman–Crippen MR) is 78.3 cm³/mol. The first-order valence-electron chi connectivity index (χ1n) is 6.52. The first kappa shape index (κ1) is 13.8. The normalized spacial score (nSPS) is 11.1. The van der Waals surface area contributed by atoms with E-state index in [2.05, 4.69) is 15.1 Å². The minimum atomic E-state index is -0.104. The van der Waals surface area contributed by atoms with Crippen molar-refractivity contribution in [3.63, 3.8) is 0 Å². The maximum absolute atomic E-state index is 12.5. The number of benzene rings is 1. The zero-order valence-electron chi connectivity index (χ0n) is 11.4. The fourth-order valence-electron chi connectivity index (χ4n) is 2.20. The Balaban J connectivity index is 2.00. The van der Waals surface area contributed by atoms with Gasteiger partial charge in [-0.3, -0.25) is 9.36 Å². The van der Waals surface area contributed by atoms with Crippen LogP contribution in [0.2, 0.25) is 0 Å². The van der Waals surface area contributed by atoms with E-state index in [9.17, 15) is 4.79 Å². The number of para-hydroxylation sites is 1. The molecule has 0 amide bonds. The molecule has 0 radical (unpaired) electrons. The highest BCUT2D eigenvalue weighted by Gasteiger charge is 2.11. The van der Waals surface area contributed by atoms with Gasteiger partial charge in [0.2, 0.25) is 5.89 Å². The van der Waals surface area contributed by atoms with Gasteiger partial charge >= 0.3 is 0 Å². The van der Waals surface area contributed by atoms with Crippen LogP contribution in [-0.2, 0) is 18.8 Å². The summed E-state index contributed by atoms with van der Waals surface area (Å²) >= 11 is 5.92. The van der Waals surface area contributed by atoms with Gasteiger partial charge in [0.05, 0.1) is 16.8 Å². The molecule has 0 aliphatic rings. The minimum Gasteiger partial charge on any atom is -0.339 e. The highest BCUT2D eigenvalue weighted by molar-refractivity contribution is 6.16. The summed E-state index contributed by atoms with van der Waals surface area (Å²) in [6.07, 6.45) is 0.463. The molecule has 2 heterocycles. The summed E-state index contributed by atoms with van der Waals surface area (Å²) in [7, 11) is 0. The van der Waals surface area contributed by atoms with Crippen LogP contribution in [0.1, 0.15) is 17.5 Å². The van der Waals surface area contributed by atoms with Crippen molar-refractivity contribution < 1.29 is 4.52 Å². The number of aromatic nitrogens is 4. The highest BCUT2D eigenvalue weighted by Crippen LogP contribution is 2.10. The van der Waals surface area contributed by atoms with Gasteiger partial charge in [0.1, 0.15) is 5.82 Å². The van der Waals surface area contributed by atoms with E-state index >= 15 is 0 Å². The van der Waals surface area contributed by atoms with Crippen LogP contribution >= 0.6 is 11.6 Å². The number of nitrogens with zero attached hydrogens (tertiary/aromatic N) is 4. The molecule has 0 bridgehead atoms. The molecule has 1 aromatic carbocycles. The van der Waals surface area contributed by atoms with E-state index in [1.807, 2.05) is 12.1 Å². The third-order valence-electron chi connectivity index (χ3n) is 3.18. The number of hydrogen-bond acceptors (Lipinski definition) is 5. The van der Waals surface area contributed by atoms with Crippen LogP contribution < -0.4 is 5.56 Å². The second-order valence-electron chi connectivity index (χ2n) is 4.62. The SMILES string of the molecule is Cc1noc(CCn2c(CCl)nc3ccccc3c2=O)n1. The summed E-state index contributed by atoms with van der Waals surface area (Å²) in [6, 6.07) is 7.23. The minimum absolute atomic E-state index is 0.104. The van der Waals surface area contributed by atoms with Crippen molar-refractivity contribution in [1.29, 1.82) is 0 Å². The summed E-state index contributed by atoms with van der Waals surface area (Å²) < 4.78 is 6.62. The molecule has 0 aliphatic carbocycles.